The van der Waals surface area contributed by atoms with Crippen LogP contribution in [0.25, 0.3) is 0 Å². The van der Waals surface area contributed by atoms with E-state index < -0.39 is 0 Å². The zero-order chi connectivity index (χ0) is 18.6. The summed E-state index contributed by atoms with van der Waals surface area (Å²) in [5, 5.41) is 7.03. The van der Waals surface area contributed by atoms with Crippen molar-refractivity contribution >= 4 is 11.9 Å². The van der Waals surface area contributed by atoms with Gasteiger partial charge >= 0.3 is 0 Å². The fourth-order valence-electron chi connectivity index (χ4n) is 4.23. The summed E-state index contributed by atoms with van der Waals surface area (Å²) in [6, 6.07) is 0.973. The van der Waals surface area contributed by atoms with Gasteiger partial charge in [-0.15, -0.1) is 0 Å². The van der Waals surface area contributed by atoms with Gasteiger partial charge in [0.15, 0.2) is 5.96 Å². The number of hydrogen-bond acceptors (Lipinski definition) is 3. The molecule has 6 heteroatoms. The Morgan fingerprint density at radius 1 is 1.28 bits per heavy atom. The van der Waals surface area contributed by atoms with Crippen LogP contribution in [0.5, 0.6) is 0 Å². The highest BCUT2D eigenvalue weighted by atomic mass is 16.2. The zero-order valence-corrected chi connectivity index (χ0v) is 16.9. The van der Waals surface area contributed by atoms with Crippen LogP contribution in [0, 0.1) is 11.3 Å². The number of amides is 1. The summed E-state index contributed by atoms with van der Waals surface area (Å²) in [6.45, 7) is 9.62. The average molecular weight is 352 g/mol. The lowest BCUT2D eigenvalue weighted by atomic mass is 9.84. The number of guanidine groups is 1. The summed E-state index contributed by atoms with van der Waals surface area (Å²) in [6.07, 6.45) is 4.20. The minimum atomic E-state index is -0.271. The SMILES string of the molecule is CN=C(NCC1(C(=O)N(C)C)CCCC1)NC1CN(C(C)C)CC1C. The van der Waals surface area contributed by atoms with Crippen molar-refractivity contribution in [1.29, 1.82) is 0 Å². The number of hydrogen-bond donors (Lipinski definition) is 2. The molecule has 6 nitrogen and oxygen atoms in total. The number of nitrogens with one attached hydrogen (secondary N) is 2. The van der Waals surface area contributed by atoms with Crippen molar-refractivity contribution in [2.75, 3.05) is 40.8 Å². The Labute approximate surface area is 153 Å². The Morgan fingerprint density at radius 3 is 2.40 bits per heavy atom. The molecular weight excluding hydrogens is 314 g/mol. The second-order valence-corrected chi connectivity index (χ2v) is 8.39. The third kappa shape index (κ3) is 4.66. The lowest BCUT2D eigenvalue weighted by Crippen LogP contribution is -2.52. The predicted octanol–water partition coefficient (Wildman–Crippen LogP) is 1.53. The number of carbonyl (C=O) groups is 1. The van der Waals surface area contributed by atoms with E-state index in [2.05, 4.69) is 41.3 Å². The molecule has 1 aliphatic heterocycles. The van der Waals surface area contributed by atoms with Crippen LogP contribution in [-0.4, -0.2) is 74.5 Å². The standard InChI is InChI=1S/C19H37N5O/c1-14(2)24-11-15(3)16(12-24)22-18(20-4)21-13-19(9-7-8-10-19)17(25)23(5)6/h14-16H,7-13H2,1-6H3,(H2,20,21,22). The van der Waals surface area contributed by atoms with Gasteiger partial charge in [-0.25, -0.2) is 0 Å². The fraction of sp³-hybridized carbons (Fsp3) is 0.895. The molecule has 1 amide bonds. The highest BCUT2D eigenvalue weighted by Crippen LogP contribution is 2.38. The number of likely N-dealkylation sites (tertiary alicyclic amines) is 1. The number of carbonyl (C=O) groups excluding carboxylic acids is 1. The van der Waals surface area contributed by atoms with Gasteiger partial charge in [0.1, 0.15) is 0 Å². The molecule has 1 aliphatic carbocycles. The van der Waals surface area contributed by atoms with E-state index in [1.807, 2.05) is 21.1 Å². The van der Waals surface area contributed by atoms with Crippen molar-refractivity contribution in [2.24, 2.45) is 16.3 Å². The smallest absolute Gasteiger partial charge is 0.230 e. The molecule has 0 aromatic rings. The minimum Gasteiger partial charge on any atom is -0.355 e. The molecule has 1 saturated heterocycles. The van der Waals surface area contributed by atoms with Gasteiger partial charge in [0.2, 0.25) is 5.91 Å². The second kappa shape index (κ2) is 8.39. The maximum atomic E-state index is 12.7. The third-order valence-corrected chi connectivity index (χ3v) is 5.93. The lowest BCUT2D eigenvalue weighted by molar-refractivity contribution is -0.138. The van der Waals surface area contributed by atoms with Gasteiger partial charge in [0.25, 0.3) is 0 Å². The highest BCUT2D eigenvalue weighted by Gasteiger charge is 2.42. The fourth-order valence-corrected chi connectivity index (χ4v) is 4.23. The molecule has 1 saturated carbocycles. The molecule has 0 radical (unpaired) electrons. The van der Waals surface area contributed by atoms with Gasteiger partial charge in [0.05, 0.1) is 5.41 Å². The first-order valence-corrected chi connectivity index (χ1v) is 9.72. The van der Waals surface area contributed by atoms with Crippen LogP contribution in [-0.2, 0) is 4.79 Å². The van der Waals surface area contributed by atoms with E-state index >= 15 is 0 Å². The number of nitrogens with zero attached hydrogens (tertiary/aromatic N) is 3. The van der Waals surface area contributed by atoms with Crippen LogP contribution in [0.2, 0.25) is 0 Å². The molecule has 0 aromatic carbocycles. The second-order valence-electron chi connectivity index (χ2n) is 8.39. The summed E-state index contributed by atoms with van der Waals surface area (Å²) in [5.41, 5.74) is -0.271. The van der Waals surface area contributed by atoms with Crippen LogP contribution in [0.4, 0.5) is 0 Å². The first-order chi connectivity index (χ1) is 11.8. The van der Waals surface area contributed by atoms with Gasteiger partial charge in [-0.1, -0.05) is 19.8 Å². The Balaban J connectivity index is 1.95. The van der Waals surface area contributed by atoms with E-state index in [0.717, 1.165) is 44.7 Å². The van der Waals surface area contributed by atoms with Gasteiger partial charge in [-0.2, -0.15) is 0 Å². The van der Waals surface area contributed by atoms with Crippen LogP contribution in [0.1, 0.15) is 46.5 Å². The predicted molar refractivity (Wildman–Crippen MR) is 104 cm³/mol. The Hall–Kier alpha value is -1.30. The van der Waals surface area contributed by atoms with Crippen molar-refractivity contribution in [3.8, 4) is 0 Å². The normalized spacial score (nSPS) is 26.9. The van der Waals surface area contributed by atoms with Crippen molar-refractivity contribution < 1.29 is 4.79 Å². The monoisotopic (exact) mass is 351 g/mol. The molecule has 0 aromatic heterocycles. The van der Waals surface area contributed by atoms with Crippen molar-refractivity contribution in [3.63, 3.8) is 0 Å². The molecule has 2 rings (SSSR count). The summed E-state index contributed by atoms with van der Waals surface area (Å²) in [7, 11) is 5.52. The van der Waals surface area contributed by atoms with E-state index in [-0.39, 0.29) is 11.3 Å². The van der Waals surface area contributed by atoms with Crippen LogP contribution in [0.3, 0.4) is 0 Å². The molecule has 1 heterocycles. The summed E-state index contributed by atoms with van der Waals surface area (Å²) in [5.74, 6) is 1.65. The minimum absolute atomic E-state index is 0.244. The first kappa shape index (κ1) is 20.0. The van der Waals surface area contributed by atoms with Gasteiger partial charge < -0.3 is 15.5 Å². The topological polar surface area (TPSA) is 60.0 Å². The van der Waals surface area contributed by atoms with E-state index in [4.69, 9.17) is 0 Å². The molecule has 2 aliphatic rings. The average Bonchev–Trinajstić information content (AvgIpc) is 3.18. The van der Waals surface area contributed by atoms with E-state index in [0.29, 0.717) is 24.5 Å². The zero-order valence-electron chi connectivity index (χ0n) is 16.9. The molecule has 2 atom stereocenters. The Morgan fingerprint density at radius 2 is 1.92 bits per heavy atom. The number of rotatable bonds is 5. The van der Waals surface area contributed by atoms with E-state index in [1.165, 1.54) is 0 Å². The molecule has 2 unspecified atom stereocenters. The van der Waals surface area contributed by atoms with Crippen LogP contribution < -0.4 is 10.6 Å². The van der Waals surface area contributed by atoms with Crippen molar-refractivity contribution in [2.45, 2.75) is 58.5 Å². The summed E-state index contributed by atoms with van der Waals surface area (Å²) >= 11 is 0. The molecule has 2 N–H and O–H groups in total. The molecule has 144 valence electrons. The largest absolute Gasteiger partial charge is 0.355 e. The number of aliphatic imine (C=N–C) groups is 1. The van der Waals surface area contributed by atoms with Crippen LogP contribution in [0.15, 0.2) is 4.99 Å². The first-order valence-electron chi connectivity index (χ1n) is 9.72. The quantitative estimate of drug-likeness (QED) is 0.582. The maximum Gasteiger partial charge on any atom is 0.230 e. The van der Waals surface area contributed by atoms with E-state index in [1.54, 1.807) is 4.90 Å². The maximum absolute atomic E-state index is 12.7. The van der Waals surface area contributed by atoms with Gasteiger partial charge in [0, 0.05) is 52.9 Å². The van der Waals surface area contributed by atoms with Crippen LogP contribution >= 0.6 is 0 Å². The molecule has 0 bridgehead atoms. The Bertz CT molecular complexity index is 482. The molecule has 0 spiro atoms. The van der Waals surface area contributed by atoms with Gasteiger partial charge in [-0.05, 0) is 32.6 Å². The third-order valence-electron chi connectivity index (χ3n) is 5.93. The molecule has 25 heavy (non-hydrogen) atoms. The van der Waals surface area contributed by atoms with Gasteiger partial charge in [-0.3, -0.25) is 14.7 Å². The highest BCUT2D eigenvalue weighted by molar-refractivity contribution is 5.85. The summed E-state index contributed by atoms with van der Waals surface area (Å²) in [4.78, 5) is 21.3. The molecule has 2 fully saturated rings. The molecular formula is C19H37N5O. The van der Waals surface area contributed by atoms with E-state index in [9.17, 15) is 4.79 Å². The van der Waals surface area contributed by atoms with Crippen molar-refractivity contribution in [3.05, 3.63) is 0 Å². The van der Waals surface area contributed by atoms with Crippen molar-refractivity contribution in [1.82, 2.24) is 20.4 Å². The Kier molecular flexibility index (Phi) is 6.72. The lowest BCUT2D eigenvalue weighted by Gasteiger charge is -2.32. The summed E-state index contributed by atoms with van der Waals surface area (Å²) < 4.78 is 0.